The smallest absolute Gasteiger partial charge is 0.155 e. The monoisotopic (exact) mass is 497 g/mol. The molecular formula is C28H43N5OS. The van der Waals surface area contributed by atoms with Gasteiger partial charge in [-0.2, -0.15) is 0 Å². The van der Waals surface area contributed by atoms with E-state index in [1.165, 1.54) is 59.7 Å². The second kappa shape index (κ2) is 10.3. The van der Waals surface area contributed by atoms with E-state index < -0.39 is 0 Å². The van der Waals surface area contributed by atoms with Crippen molar-refractivity contribution in [1.82, 2.24) is 19.4 Å². The molecule has 6 nitrogen and oxygen atoms in total. The van der Waals surface area contributed by atoms with E-state index in [2.05, 4.69) is 55.6 Å². The van der Waals surface area contributed by atoms with Crippen LogP contribution in [0.15, 0.2) is 6.07 Å². The molecule has 0 bridgehead atoms. The molecule has 3 aromatic rings. The van der Waals surface area contributed by atoms with Crippen LogP contribution in [0.1, 0.15) is 82.8 Å². The molecule has 0 spiro atoms. The van der Waals surface area contributed by atoms with Gasteiger partial charge in [0.1, 0.15) is 11.3 Å². The summed E-state index contributed by atoms with van der Waals surface area (Å²) < 4.78 is 9.58. The molecule has 2 aliphatic rings. The Morgan fingerprint density at radius 1 is 1.11 bits per heavy atom. The number of pyridine rings is 1. The summed E-state index contributed by atoms with van der Waals surface area (Å²) in [6.45, 7) is 14.1. The predicted octanol–water partition coefficient (Wildman–Crippen LogP) is 6.43. The maximum atomic E-state index is 5.65. The fraction of sp³-hybridized carbons (Fsp3) is 0.714. The number of nitrogens with zero attached hydrogens (tertiary/aromatic N) is 4. The van der Waals surface area contributed by atoms with Crippen molar-refractivity contribution in [3.63, 3.8) is 0 Å². The number of ether oxygens (including phenoxy) is 1. The largest absolute Gasteiger partial charge is 0.381 e. The summed E-state index contributed by atoms with van der Waals surface area (Å²) in [7, 11) is 2.25. The van der Waals surface area contributed by atoms with Gasteiger partial charge in [0.2, 0.25) is 0 Å². The van der Waals surface area contributed by atoms with E-state index in [1.807, 2.05) is 11.3 Å². The van der Waals surface area contributed by atoms with Crippen molar-refractivity contribution in [2.45, 2.75) is 90.6 Å². The highest BCUT2D eigenvalue weighted by Crippen LogP contribution is 2.41. The number of piperidine rings is 1. The van der Waals surface area contributed by atoms with Gasteiger partial charge >= 0.3 is 0 Å². The molecule has 192 valence electrons. The zero-order valence-corrected chi connectivity index (χ0v) is 23.1. The zero-order valence-electron chi connectivity index (χ0n) is 22.3. The summed E-state index contributed by atoms with van der Waals surface area (Å²) in [5, 5.41) is 3.70. The number of anilines is 1. The van der Waals surface area contributed by atoms with Crippen molar-refractivity contribution in [1.29, 1.82) is 0 Å². The number of aromatic nitrogens is 3. The molecule has 2 saturated heterocycles. The van der Waals surface area contributed by atoms with Crippen molar-refractivity contribution < 1.29 is 4.74 Å². The van der Waals surface area contributed by atoms with Crippen LogP contribution in [0, 0.1) is 5.92 Å². The van der Waals surface area contributed by atoms with Crippen LogP contribution in [0.2, 0.25) is 0 Å². The molecular weight excluding hydrogens is 454 g/mol. The van der Waals surface area contributed by atoms with E-state index in [0.717, 1.165) is 55.9 Å². The van der Waals surface area contributed by atoms with Crippen LogP contribution in [0.5, 0.6) is 0 Å². The first-order chi connectivity index (χ1) is 16.8. The number of thiophene rings is 1. The van der Waals surface area contributed by atoms with Gasteiger partial charge in [-0.3, -0.25) is 0 Å². The van der Waals surface area contributed by atoms with Crippen LogP contribution in [0.3, 0.4) is 0 Å². The molecule has 7 heteroatoms. The standard InChI is InChI=1S/C28H43N5OS/c1-6-7-8-23-30-24-25(33(23)18-19-9-13-32(5)14-10-19)26-21(29-27(24)31-28(2,3)4)17-22(35-26)20-11-15-34-16-12-20/h17,19-20H,6-16,18H2,1-5H3,(H,29,31). The molecule has 0 aliphatic carbocycles. The summed E-state index contributed by atoms with van der Waals surface area (Å²) in [6.07, 6.45) is 8.15. The van der Waals surface area contributed by atoms with Gasteiger partial charge in [-0.25, -0.2) is 9.97 Å². The number of imidazole rings is 1. The van der Waals surface area contributed by atoms with Crippen molar-refractivity contribution in [2.24, 2.45) is 5.92 Å². The SMILES string of the molecule is CCCCc1nc2c(NC(C)(C)C)nc3cc(C4CCOCC4)sc3c2n1CC1CCN(C)CC1. The van der Waals surface area contributed by atoms with Gasteiger partial charge in [0, 0.05) is 36.6 Å². The lowest BCUT2D eigenvalue weighted by Gasteiger charge is -2.29. The Kier molecular flexibility index (Phi) is 7.38. The lowest BCUT2D eigenvalue weighted by atomic mass is 9.97. The van der Waals surface area contributed by atoms with Gasteiger partial charge in [0.25, 0.3) is 0 Å². The van der Waals surface area contributed by atoms with E-state index in [0.29, 0.717) is 11.8 Å². The van der Waals surface area contributed by atoms with E-state index >= 15 is 0 Å². The minimum Gasteiger partial charge on any atom is -0.381 e. The van der Waals surface area contributed by atoms with Gasteiger partial charge in [-0.15, -0.1) is 11.3 Å². The van der Waals surface area contributed by atoms with Crippen molar-refractivity contribution in [2.75, 3.05) is 38.7 Å². The number of hydrogen-bond donors (Lipinski definition) is 1. The number of fused-ring (bicyclic) bond motifs is 3. The Hall–Kier alpha value is -1.70. The number of hydrogen-bond acceptors (Lipinski definition) is 6. The molecule has 1 N–H and O–H groups in total. The molecule has 3 aromatic heterocycles. The molecule has 0 atom stereocenters. The Balaban J connectivity index is 1.66. The summed E-state index contributed by atoms with van der Waals surface area (Å²) in [5.74, 6) is 3.48. The third kappa shape index (κ3) is 5.52. The molecule has 35 heavy (non-hydrogen) atoms. The van der Waals surface area contributed by atoms with Crippen molar-refractivity contribution in [3.8, 4) is 0 Å². The Morgan fingerprint density at radius 3 is 2.54 bits per heavy atom. The van der Waals surface area contributed by atoms with E-state index in [4.69, 9.17) is 14.7 Å². The fourth-order valence-corrected chi connectivity index (χ4v) is 6.89. The Morgan fingerprint density at radius 2 is 1.86 bits per heavy atom. The Labute approximate surface area is 214 Å². The molecule has 5 rings (SSSR count). The molecule has 0 amide bonds. The number of nitrogens with one attached hydrogen (secondary N) is 1. The minimum atomic E-state index is -0.0749. The highest BCUT2D eigenvalue weighted by atomic mass is 32.1. The first-order valence-electron chi connectivity index (χ1n) is 13.7. The van der Waals surface area contributed by atoms with Crippen LogP contribution >= 0.6 is 11.3 Å². The average molecular weight is 498 g/mol. The van der Waals surface area contributed by atoms with Crippen LogP contribution in [0.4, 0.5) is 5.82 Å². The molecule has 0 aromatic carbocycles. The molecule has 2 fully saturated rings. The second-order valence-corrected chi connectivity index (χ2v) is 12.9. The first kappa shape index (κ1) is 25.0. The highest BCUT2D eigenvalue weighted by Gasteiger charge is 2.27. The number of aryl methyl sites for hydroxylation is 1. The van der Waals surface area contributed by atoms with Gasteiger partial charge in [-0.1, -0.05) is 13.3 Å². The van der Waals surface area contributed by atoms with Gasteiger partial charge in [-0.05, 0) is 90.9 Å². The third-order valence-corrected chi connectivity index (χ3v) is 8.89. The molecule has 0 radical (unpaired) electrons. The summed E-state index contributed by atoms with van der Waals surface area (Å²) in [5.41, 5.74) is 3.43. The lowest BCUT2D eigenvalue weighted by molar-refractivity contribution is 0.0860. The quantitative estimate of drug-likeness (QED) is 0.407. The predicted molar refractivity (Wildman–Crippen MR) is 148 cm³/mol. The van der Waals surface area contributed by atoms with Crippen molar-refractivity contribution in [3.05, 3.63) is 16.8 Å². The molecule has 0 unspecified atom stereocenters. The normalized spacial score (nSPS) is 19.2. The van der Waals surface area contributed by atoms with Crippen LogP contribution < -0.4 is 5.32 Å². The van der Waals surface area contributed by atoms with Crippen molar-refractivity contribution >= 4 is 38.4 Å². The van der Waals surface area contributed by atoms with Gasteiger partial charge in [0.15, 0.2) is 5.82 Å². The minimum absolute atomic E-state index is 0.0749. The molecule has 0 saturated carbocycles. The summed E-state index contributed by atoms with van der Waals surface area (Å²) >= 11 is 1.96. The maximum Gasteiger partial charge on any atom is 0.155 e. The summed E-state index contributed by atoms with van der Waals surface area (Å²) in [4.78, 5) is 14.4. The zero-order chi connectivity index (χ0) is 24.6. The molecule has 2 aliphatic heterocycles. The van der Waals surface area contributed by atoms with Crippen LogP contribution in [0.25, 0.3) is 21.3 Å². The summed E-state index contributed by atoms with van der Waals surface area (Å²) in [6, 6.07) is 2.36. The van der Waals surface area contributed by atoms with Crippen LogP contribution in [-0.2, 0) is 17.7 Å². The topological polar surface area (TPSA) is 55.2 Å². The fourth-order valence-electron chi connectivity index (χ4n) is 5.57. The van der Waals surface area contributed by atoms with E-state index in [9.17, 15) is 0 Å². The number of unbranched alkanes of at least 4 members (excludes halogenated alkanes) is 1. The van der Waals surface area contributed by atoms with Gasteiger partial charge in [0.05, 0.1) is 15.7 Å². The average Bonchev–Trinajstić information content (AvgIpc) is 3.40. The highest BCUT2D eigenvalue weighted by molar-refractivity contribution is 7.20. The number of rotatable bonds is 7. The van der Waals surface area contributed by atoms with E-state index in [-0.39, 0.29) is 5.54 Å². The lowest BCUT2D eigenvalue weighted by Crippen LogP contribution is -2.32. The number of likely N-dealkylation sites (tertiary alicyclic amines) is 1. The molecule has 5 heterocycles. The Bertz CT molecular complexity index is 1150. The first-order valence-corrected chi connectivity index (χ1v) is 14.5. The third-order valence-electron chi connectivity index (χ3n) is 7.60. The second-order valence-electron chi connectivity index (χ2n) is 11.8. The van der Waals surface area contributed by atoms with E-state index in [1.54, 1.807) is 0 Å². The van der Waals surface area contributed by atoms with Gasteiger partial charge < -0.3 is 19.5 Å². The maximum absolute atomic E-state index is 5.65. The van der Waals surface area contributed by atoms with Crippen LogP contribution in [-0.4, -0.2) is 58.3 Å².